The molecule has 0 saturated carbocycles. The SMILES string of the molecule is C=CC1CC(=O)N(c2cc(Cl)c(Br)cc2Cl)C1. The highest BCUT2D eigenvalue weighted by Crippen LogP contribution is 2.37. The molecule has 1 aliphatic rings. The molecule has 1 atom stereocenters. The standard InChI is InChI=1S/C12H10BrCl2NO/c1-2-7-3-12(17)16(6-7)11-5-9(14)8(13)4-10(11)15/h2,4-5,7H,1,3,6H2. The van der Waals surface area contributed by atoms with E-state index in [0.717, 1.165) is 4.47 Å². The largest absolute Gasteiger partial charge is 0.310 e. The average molecular weight is 335 g/mol. The minimum atomic E-state index is 0.0511. The van der Waals surface area contributed by atoms with E-state index in [1.807, 2.05) is 0 Å². The van der Waals surface area contributed by atoms with E-state index < -0.39 is 0 Å². The number of carbonyl (C=O) groups is 1. The number of hydrogen-bond acceptors (Lipinski definition) is 1. The number of halogens is 3. The molecule has 1 amide bonds. The lowest BCUT2D eigenvalue weighted by molar-refractivity contribution is -0.117. The van der Waals surface area contributed by atoms with Crippen molar-refractivity contribution in [2.75, 3.05) is 11.4 Å². The van der Waals surface area contributed by atoms with Crippen LogP contribution in [0.25, 0.3) is 0 Å². The number of carbonyl (C=O) groups excluding carboxylic acids is 1. The second kappa shape index (κ2) is 5.01. The van der Waals surface area contributed by atoms with Crippen molar-refractivity contribution in [3.8, 4) is 0 Å². The van der Waals surface area contributed by atoms with Gasteiger partial charge in [0.25, 0.3) is 0 Å². The van der Waals surface area contributed by atoms with E-state index in [0.29, 0.717) is 28.7 Å². The third-order valence-electron chi connectivity index (χ3n) is 2.77. The molecule has 0 spiro atoms. The Hall–Kier alpha value is -0.510. The van der Waals surface area contributed by atoms with Gasteiger partial charge in [-0.1, -0.05) is 29.3 Å². The molecule has 1 heterocycles. The number of amides is 1. The van der Waals surface area contributed by atoms with Gasteiger partial charge in [0.05, 0.1) is 15.7 Å². The normalized spacial score (nSPS) is 19.8. The highest BCUT2D eigenvalue weighted by atomic mass is 79.9. The van der Waals surface area contributed by atoms with E-state index in [2.05, 4.69) is 22.5 Å². The summed E-state index contributed by atoms with van der Waals surface area (Å²) in [5.41, 5.74) is 0.661. The van der Waals surface area contributed by atoms with Gasteiger partial charge in [0.15, 0.2) is 0 Å². The van der Waals surface area contributed by atoms with Crippen LogP contribution in [0.15, 0.2) is 29.3 Å². The summed E-state index contributed by atoms with van der Waals surface area (Å²) >= 11 is 15.4. The molecule has 1 fully saturated rings. The Morgan fingerprint density at radius 3 is 2.71 bits per heavy atom. The lowest BCUT2D eigenvalue weighted by atomic mass is 10.1. The number of benzene rings is 1. The Bertz CT molecular complexity index is 490. The fraction of sp³-hybridized carbons (Fsp3) is 0.250. The summed E-state index contributed by atoms with van der Waals surface area (Å²) in [4.78, 5) is 13.5. The van der Waals surface area contributed by atoms with Crippen molar-refractivity contribution in [2.45, 2.75) is 6.42 Å². The molecule has 2 rings (SSSR count). The zero-order valence-corrected chi connectivity index (χ0v) is 12.0. The summed E-state index contributed by atoms with van der Waals surface area (Å²) in [6.45, 7) is 4.33. The minimum absolute atomic E-state index is 0.0511. The molecule has 1 aromatic rings. The minimum Gasteiger partial charge on any atom is -0.310 e. The highest BCUT2D eigenvalue weighted by Gasteiger charge is 2.30. The van der Waals surface area contributed by atoms with Crippen molar-refractivity contribution >= 4 is 50.7 Å². The monoisotopic (exact) mass is 333 g/mol. The molecule has 5 heteroatoms. The predicted octanol–water partition coefficient (Wildman–Crippen LogP) is 4.29. The molecule has 0 bridgehead atoms. The maximum Gasteiger partial charge on any atom is 0.227 e. The van der Waals surface area contributed by atoms with E-state index in [1.54, 1.807) is 23.1 Å². The fourth-order valence-electron chi connectivity index (χ4n) is 1.84. The summed E-state index contributed by atoms with van der Waals surface area (Å²) in [6, 6.07) is 3.41. The summed E-state index contributed by atoms with van der Waals surface area (Å²) < 4.78 is 0.722. The summed E-state index contributed by atoms with van der Waals surface area (Å²) in [7, 11) is 0. The Labute approximate surface area is 118 Å². The van der Waals surface area contributed by atoms with Crippen LogP contribution in [0.1, 0.15) is 6.42 Å². The average Bonchev–Trinajstić information content (AvgIpc) is 2.65. The first-order valence-electron chi connectivity index (χ1n) is 5.10. The molecule has 90 valence electrons. The lowest BCUT2D eigenvalue weighted by Gasteiger charge is -2.18. The quantitative estimate of drug-likeness (QED) is 0.583. The van der Waals surface area contributed by atoms with Crippen LogP contribution >= 0.6 is 39.1 Å². The van der Waals surface area contributed by atoms with Crippen molar-refractivity contribution in [1.82, 2.24) is 0 Å². The van der Waals surface area contributed by atoms with E-state index in [1.165, 1.54) is 0 Å². The van der Waals surface area contributed by atoms with Crippen molar-refractivity contribution in [3.05, 3.63) is 39.3 Å². The van der Waals surface area contributed by atoms with Gasteiger partial charge in [0, 0.05) is 23.4 Å². The maximum absolute atomic E-state index is 11.9. The molecule has 1 unspecified atom stereocenters. The van der Waals surface area contributed by atoms with Crippen LogP contribution in [0.5, 0.6) is 0 Å². The van der Waals surface area contributed by atoms with E-state index in [4.69, 9.17) is 23.2 Å². The third-order valence-corrected chi connectivity index (χ3v) is 4.27. The number of anilines is 1. The Morgan fingerprint density at radius 1 is 1.41 bits per heavy atom. The molecule has 2 nitrogen and oxygen atoms in total. The topological polar surface area (TPSA) is 20.3 Å². The summed E-state index contributed by atoms with van der Waals surface area (Å²) in [6.07, 6.45) is 2.28. The van der Waals surface area contributed by atoms with Crippen LogP contribution in [0.4, 0.5) is 5.69 Å². The van der Waals surface area contributed by atoms with Gasteiger partial charge in [-0.15, -0.1) is 6.58 Å². The van der Waals surface area contributed by atoms with Gasteiger partial charge in [-0.2, -0.15) is 0 Å². The first kappa shape index (κ1) is 12.9. The Balaban J connectivity index is 2.38. The van der Waals surface area contributed by atoms with Crippen LogP contribution in [-0.2, 0) is 4.79 Å². The molecule has 1 saturated heterocycles. The molecule has 0 radical (unpaired) electrons. The Kier molecular flexibility index (Phi) is 3.81. The van der Waals surface area contributed by atoms with Crippen LogP contribution in [-0.4, -0.2) is 12.5 Å². The fourth-order valence-corrected chi connectivity index (χ4v) is 2.74. The molecule has 17 heavy (non-hydrogen) atoms. The smallest absolute Gasteiger partial charge is 0.227 e. The van der Waals surface area contributed by atoms with Crippen LogP contribution in [0, 0.1) is 5.92 Å². The first-order valence-corrected chi connectivity index (χ1v) is 6.65. The molecular formula is C12H10BrCl2NO. The molecule has 0 aromatic heterocycles. The van der Waals surface area contributed by atoms with Gasteiger partial charge in [-0.3, -0.25) is 4.79 Å². The van der Waals surface area contributed by atoms with Crippen molar-refractivity contribution in [3.63, 3.8) is 0 Å². The van der Waals surface area contributed by atoms with E-state index in [-0.39, 0.29) is 11.8 Å². The van der Waals surface area contributed by atoms with Crippen LogP contribution in [0.3, 0.4) is 0 Å². The molecular weight excluding hydrogens is 325 g/mol. The van der Waals surface area contributed by atoms with Crippen LogP contribution < -0.4 is 4.90 Å². The third kappa shape index (κ3) is 2.51. The molecule has 1 aliphatic heterocycles. The van der Waals surface area contributed by atoms with Crippen molar-refractivity contribution in [2.24, 2.45) is 5.92 Å². The summed E-state index contributed by atoms with van der Waals surface area (Å²) in [5.74, 6) is 0.233. The van der Waals surface area contributed by atoms with Gasteiger partial charge in [0.2, 0.25) is 5.91 Å². The van der Waals surface area contributed by atoms with Crippen molar-refractivity contribution in [1.29, 1.82) is 0 Å². The number of rotatable bonds is 2. The predicted molar refractivity (Wildman–Crippen MR) is 74.8 cm³/mol. The first-order chi connectivity index (χ1) is 8.02. The van der Waals surface area contributed by atoms with Crippen LogP contribution in [0.2, 0.25) is 10.0 Å². The van der Waals surface area contributed by atoms with Gasteiger partial charge in [-0.25, -0.2) is 0 Å². The number of nitrogens with zero attached hydrogens (tertiary/aromatic N) is 1. The number of hydrogen-bond donors (Lipinski definition) is 0. The highest BCUT2D eigenvalue weighted by molar-refractivity contribution is 9.10. The van der Waals surface area contributed by atoms with Crippen molar-refractivity contribution < 1.29 is 4.79 Å². The van der Waals surface area contributed by atoms with E-state index >= 15 is 0 Å². The molecule has 1 aromatic carbocycles. The van der Waals surface area contributed by atoms with E-state index in [9.17, 15) is 4.79 Å². The van der Waals surface area contributed by atoms with Gasteiger partial charge in [-0.05, 0) is 28.1 Å². The molecule has 0 aliphatic carbocycles. The van der Waals surface area contributed by atoms with Gasteiger partial charge >= 0.3 is 0 Å². The zero-order chi connectivity index (χ0) is 12.6. The molecule has 0 N–H and O–H groups in total. The van der Waals surface area contributed by atoms with Gasteiger partial charge in [0.1, 0.15) is 0 Å². The van der Waals surface area contributed by atoms with Gasteiger partial charge < -0.3 is 4.90 Å². The second-order valence-electron chi connectivity index (χ2n) is 3.92. The summed E-state index contributed by atoms with van der Waals surface area (Å²) in [5, 5.41) is 1.05. The maximum atomic E-state index is 11.9. The second-order valence-corrected chi connectivity index (χ2v) is 5.59. The lowest BCUT2D eigenvalue weighted by Crippen LogP contribution is -2.24. The zero-order valence-electron chi connectivity index (χ0n) is 8.92. The Morgan fingerprint density at radius 2 is 2.12 bits per heavy atom.